The minimum Gasteiger partial charge on any atom is -0.352 e. The molecule has 0 atom stereocenters. The third kappa shape index (κ3) is 6.90. The van der Waals surface area contributed by atoms with Gasteiger partial charge in [0.1, 0.15) is 0 Å². The number of nitrogens with one attached hydrogen (secondary N) is 2. The predicted molar refractivity (Wildman–Crippen MR) is 133 cm³/mol. The van der Waals surface area contributed by atoms with Crippen LogP contribution in [0.1, 0.15) is 53.6 Å². The van der Waals surface area contributed by atoms with Crippen molar-refractivity contribution in [3.63, 3.8) is 0 Å². The number of carbonyl (C=O) groups excluding carboxylic acids is 2. The molecule has 0 bridgehead atoms. The molecule has 1 saturated heterocycles. The summed E-state index contributed by atoms with van der Waals surface area (Å²) < 4.78 is 0. The Kier molecular flexibility index (Phi) is 8.09. The minimum absolute atomic E-state index is 0.0632. The maximum absolute atomic E-state index is 12.4. The van der Waals surface area contributed by atoms with E-state index < -0.39 is 0 Å². The van der Waals surface area contributed by atoms with Crippen LogP contribution < -0.4 is 10.6 Å². The number of fused-ring (bicyclic) bond motifs is 1. The highest BCUT2D eigenvalue weighted by Crippen LogP contribution is 2.16. The van der Waals surface area contributed by atoms with E-state index in [1.165, 1.54) is 44.3 Å². The van der Waals surface area contributed by atoms with Crippen LogP contribution in [-0.4, -0.2) is 36.3 Å². The molecular weight excluding hydrogens is 410 g/mol. The second-order valence-corrected chi connectivity index (χ2v) is 8.85. The van der Waals surface area contributed by atoms with Crippen LogP contribution in [-0.2, 0) is 17.9 Å². The first-order chi connectivity index (χ1) is 16.2. The Balaban J connectivity index is 1.20. The highest BCUT2D eigenvalue weighted by molar-refractivity contribution is 5.98. The standard InChI is InChI=1S/C28H33N3O2/c32-27(14-15-29-28(33)26-13-12-24-10-3-4-11-25(24)19-26)30-20-22-8-7-9-23(18-22)21-31-16-5-1-2-6-17-31/h3-4,7-13,18-19H,1-2,5-6,14-17,20-21H2,(H,29,33)(H,30,32). The van der Waals surface area contributed by atoms with Gasteiger partial charge in [-0.1, -0.05) is 67.4 Å². The summed E-state index contributed by atoms with van der Waals surface area (Å²) in [6.45, 7) is 4.14. The number of benzene rings is 3. The summed E-state index contributed by atoms with van der Waals surface area (Å²) in [5.41, 5.74) is 3.01. The number of hydrogen-bond acceptors (Lipinski definition) is 3. The molecule has 3 aromatic rings. The van der Waals surface area contributed by atoms with Gasteiger partial charge in [0.25, 0.3) is 5.91 Å². The van der Waals surface area contributed by atoms with Crippen molar-refractivity contribution in [2.45, 2.75) is 45.2 Å². The van der Waals surface area contributed by atoms with Crippen molar-refractivity contribution in [1.82, 2.24) is 15.5 Å². The van der Waals surface area contributed by atoms with Crippen molar-refractivity contribution < 1.29 is 9.59 Å². The van der Waals surface area contributed by atoms with Gasteiger partial charge in [-0.15, -0.1) is 0 Å². The third-order valence-electron chi connectivity index (χ3n) is 6.24. The van der Waals surface area contributed by atoms with E-state index in [2.05, 4.69) is 33.7 Å². The molecular formula is C28H33N3O2. The zero-order chi connectivity index (χ0) is 22.9. The van der Waals surface area contributed by atoms with Crippen molar-refractivity contribution in [3.8, 4) is 0 Å². The van der Waals surface area contributed by atoms with Gasteiger partial charge in [-0.05, 0) is 60.0 Å². The lowest BCUT2D eigenvalue weighted by Gasteiger charge is -2.20. The Hall–Kier alpha value is -3.18. The topological polar surface area (TPSA) is 61.4 Å². The van der Waals surface area contributed by atoms with Gasteiger partial charge in [0.15, 0.2) is 0 Å². The van der Waals surface area contributed by atoms with E-state index in [1.807, 2.05) is 48.5 Å². The highest BCUT2D eigenvalue weighted by Gasteiger charge is 2.10. The number of likely N-dealkylation sites (tertiary alicyclic amines) is 1. The first-order valence-corrected chi connectivity index (χ1v) is 12.0. The van der Waals surface area contributed by atoms with Gasteiger partial charge < -0.3 is 10.6 Å². The van der Waals surface area contributed by atoms with E-state index in [-0.39, 0.29) is 18.2 Å². The second kappa shape index (κ2) is 11.6. The van der Waals surface area contributed by atoms with Gasteiger partial charge in [-0.3, -0.25) is 14.5 Å². The summed E-state index contributed by atoms with van der Waals surface area (Å²) in [4.78, 5) is 27.2. The summed E-state index contributed by atoms with van der Waals surface area (Å²) in [5, 5.41) is 7.95. The van der Waals surface area contributed by atoms with Crippen LogP contribution >= 0.6 is 0 Å². The maximum atomic E-state index is 12.4. The fourth-order valence-electron chi connectivity index (χ4n) is 4.40. The smallest absolute Gasteiger partial charge is 0.251 e. The monoisotopic (exact) mass is 443 g/mol. The molecule has 33 heavy (non-hydrogen) atoms. The van der Waals surface area contributed by atoms with Gasteiger partial charge in [0, 0.05) is 31.6 Å². The molecule has 2 amide bonds. The Labute approximate surface area is 196 Å². The van der Waals surface area contributed by atoms with E-state index in [0.717, 1.165) is 22.9 Å². The molecule has 0 aromatic heterocycles. The molecule has 2 N–H and O–H groups in total. The molecule has 0 unspecified atom stereocenters. The van der Waals surface area contributed by atoms with Crippen molar-refractivity contribution in [3.05, 3.63) is 83.4 Å². The molecule has 0 spiro atoms. The average molecular weight is 444 g/mol. The Morgan fingerprint density at radius 3 is 2.33 bits per heavy atom. The van der Waals surface area contributed by atoms with E-state index in [1.54, 1.807) is 0 Å². The first kappa shape index (κ1) is 23.0. The number of nitrogens with zero attached hydrogens (tertiary/aromatic N) is 1. The highest BCUT2D eigenvalue weighted by atomic mass is 16.2. The molecule has 1 heterocycles. The van der Waals surface area contributed by atoms with Gasteiger partial charge >= 0.3 is 0 Å². The lowest BCUT2D eigenvalue weighted by Crippen LogP contribution is -2.30. The van der Waals surface area contributed by atoms with E-state index in [9.17, 15) is 9.59 Å². The van der Waals surface area contributed by atoms with Gasteiger partial charge in [0.2, 0.25) is 5.91 Å². The van der Waals surface area contributed by atoms with Crippen LogP contribution in [0.2, 0.25) is 0 Å². The van der Waals surface area contributed by atoms with E-state index in [0.29, 0.717) is 18.7 Å². The molecule has 1 aliphatic rings. The second-order valence-electron chi connectivity index (χ2n) is 8.85. The van der Waals surface area contributed by atoms with Crippen LogP contribution in [0.5, 0.6) is 0 Å². The summed E-state index contributed by atoms with van der Waals surface area (Å²) in [7, 11) is 0. The molecule has 1 fully saturated rings. The summed E-state index contributed by atoms with van der Waals surface area (Å²) in [5.74, 6) is -0.221. The average Bonchev–Trinajstić information content (AvgIpc) is 3.11. The molecule has 0 aliphatic carbocycles. The molecule has 4 rings (SSSR count). The van der Waals surface area contributed by atoms with Crippen LogP contribution in [0.3, 0.4) is 0 Å². The van der Waals surface area contributed by atoms with E-state index >= 15 is 0 Å². The van der Waals surface area contributed by atoms with Crippen LogP contribution in [0.25, 0.3) is 10.8 Å². The quantitative estimate of drug-likeness (QED) is 0.533. The predicted octanol–water partition coefficient (Wildman–Crippen LogP) is 4.65. The van der Waals surface area contributed by atoms with Gasteiger partial charge in [0.05, 0.1) is 0 Å². The van der Waals surface area contributed by atoms with Crippen LogP contribution in [0, 0.1) is 0 Å². The van der Waals surface area contributed by atoms with Crippen molar-refractivity contribution in [1.29, 1.82) is 0 Å². The zero-order valence-corrected chi connectivity index (χ0v) is 19.2. The normalized spacial score (nSPS) is 14.5. The molecule has 0 radical (unpaired) electrons. The molecule has 3 aromatic carbocycles. The van der Waals surface area contributed by atoms with Gasteiger partial charge in [-0.25, -0.2) is 0 Å². The van der Waals surface area contributed by atoms with Gasteiger partial charge in [-0.2, -0.15) is 0 Å². The minimum atomic E-state index is -0.158. The lowest BCUT2D eigenvalue weighted by atomic mass is 10.1. The number of rotatable bonds is 8. The number of carbonyl (C=O) groups is 2. The summed E-state index contributed by atoms with van der Waals surface area (Å²) >= 11 is 0. The van der Waals surface area contributed by atoms with Crippen molar-refractivity contribution in [2.75, 3.05) is 19.6 Å². The van der Waals surface area contributed by atoms with E-state index in [4.69, 9.17) is 0 Å². The van der Waals surface area contributed by atoms with Crippen LogP contribution in [0.4, 0.5) is 0 Å². The SMILES string of the molecule is O=C(CCNC(=O)c1ccc2ccccc2c1)NCc1cccc(CN2CCCCCC2)c1. The van der Waals surface area contributed by atoms with Crippen molar-refractivity contribution >= 4 is 22.6 Å². The fraction of sp³-hybridized carbons (Fsp3) is 0.357. The lowest BCUT2D eigenvalue weighted by molar-refractivity contribution is -0.121. The number of hydrogen-bond donors (Lipinski definition) is 2. The fourth-order valence-corrected chi connectivity index (χ4v) is 4.40. The summed E-state index contributed by atoms with van der Waals surface area (Å²) in [6, 6.07) is 22.1. The Bertz CT molecular complexity index is 1090. The Morgan fingerprint density at radius 1 is 0.758 bits per heavy atom. The summed E-state index contributed by atoms with van der Waals surface area (Å²) in [6.07, 6.45) is 5.50. The first-order valence-electron chi connectivity index (χ1n) is 12.0. The molecule has 172 valence electrons. The maximum Gasteiger partial charge on any atom is 0.251 e. The molecule has 1 aliphatic heterocycles. The third-order valence-corrected chi connectivity index (χ3v) is 6.24. The molecule has 0 saturated carbocycles. The van der Waals surface area contributed by atoms with Crippen LogP contribution in [0.15, 0.2) is 66.7 Å². The zero-order valence-electron chi connectivity index (χ0n) is 19.2. The molecule has 5 heteroatoms. The molecule has 5 nitrogen and oxygen atoms in total. The van der Waals surface area contributed by atoms with Crippen molar-refractivity contribution in [2.24, 2.45) is 0 Å². The number of amides is 2. The largest absolute Gasteiger partial charge is 0.352 e. The Morgan fingerprint density at radius 2 is 1.52 bits per heavy atom.